The normalized spacial score (nSPS) is 11.2. The van der Waals surface area contributed by atoms with E-state index in [0.717, 1.165) is 11.3 Å². The quantitative estimate of drug-likeness (QED) is 0.503. The summed E-state index contributed by atoms with van der Waals surface area (Å²) in [6, 6.07) is 12.6. The Labute approximate surface area is 157 Å². The van der Waals surface area contributed by atoms with Crippen molar-refractivity contribution in [1.82, 2.24) is 29.6 Å². The lowest BCUT2D eigenvalue weighted by atomic mass is 10.3. The van der Waals surface area contributed by atoms with Crippen molar-refractivity contribution in [1.29, 1.82) is 0 Å². The van der Waals surface area contributed by atoms with E-state index in [9.17, 15) is 4.79 Å². The number of rotatable bonds is 4. The van der Waals surface area contributed by atoms with Gasteiger partial charge in [0.1, 0.15) is 5.65 Å². The number of aromatic nitrogens is 6. The summed E-state index contributed by atoms with van der Waals surface area (Å²) < 4.78 is 3.15. The van der Waals surface area contributed by atoms with E-state index in [1.807, 2.05) is 31.2 Å². The van der Waals surface area contributed by atoms with Gasteiger partial charge in [-0.1, -0.05) is 35.5 Å². The highest BCUT2D eigenvalue weighted by molar-refractivity contribution is 7.98. The minimum atomic E-state index is -0.108. The van der Waals surface area contributed by atoms with E-state index in [4.69, 9.17) is 11.6 Å². The first-order valence-corrected chi connectivity index (χ1v) is 9.12. The van der Waals surface area contributed by atoms with Crippen LogP contribution in [0.4, 0.5) is 0 Å². The van der Waals surface area contributed by atoms with Gasteiger partial charge in [-0.25, -0.2) is 4.98 Å². The van der Waals surface area contributed by atoms with Crippen molar-refractivity contribution in [3.05, 3.63) is 75.3 Å². The van der Waals surface area contributed by atoms with Crippen molar-refractivity contribution >= 4 is 29.0 Å². The van der Waals surface area contributed by atoms with Crippen molar-refractivity contribution in [2.75, 3.05) is 0 Å². The van der Waals surface area contributed by atoms with Gasteiger partial charge in [0, 0.05) is 23.0 Å². The molecule has 0 fully saturated rings. The Hall–Kier alpha value is -2.71. The van der Waals surface area contributed by atoms with Crippen molar-refractivity contribution in [3.63, 3.8) is 0 Å². The molecular weight excluding hydrogens is 372 g/mol. The molecule has 0 saturated heterocycles. The number of benzene rings is 1. The van der Waals surface area contributed by atoms with Crippen molar-refractivity contribution < 1.29 is 0 Å². The largest absolute Gasteiger partial charge is 0.269 e. The van der Waals surface area contributed by atoms with Gasteiger partial charge in [-0.2, -0.15) is 4.68 Å². The summed E-state index contributed by atoms with van der Waals surface area (Å²) in [6.45, 7) is 1.94. The second kappa shape index (κ2) is 6.89. The predicted octanol–water partition coefficient (Wildman–Crippen LogP) is 2.92. The molecule has 0 bridgehead atoms. The molecule has 0 aliphatic rings. The molecule has 0 aliphatic heterocycles. The maximum atomic E-state index is 12.3. The monoisotopic (exact) mass is 384 g/mol. The Bertz CT molecular complexity index is 1160. The molecule has 0 unspecified atom stereocenters. The van der Waals surface area contributed by atoms with Crippen molar-refractivity contribution in [2.45, 2.75) is 17.8 Å². The molecule has 0 atom stereocenters. The van der Waals surface area contributed by atoms with Crippen molar-refractivity contribution in [2.24, 2.45) is 0 Å². The molecule has 0 aliphatic carbocycles. The molecule has 0 saturated carbocycles. The summed E-state index contributed by atoms with van der Waals surface area (Å²) in [7, 11) is 0. The lowest BCUT2D eigenvalue weighted by Gasteiger charge is -2.06. The zero-order valence-electron chi connectivity index (χ0n) is 13.7. The fourth-order valence-electron chi connectivity index (χ4n) is 2.51. The summed E-state index contributed by atoms with van der Waals surface area (Å²) in [6.07, 6.45) is 1.78. The number of tetrazole rings is 1. The molecule has 0 radical (unpaired) electrons. The fraction of sp³-hybridized carbons (Fsp3) is 0.118. The lowest BCUT2D eigenvalue weighted by molar-refractivity contribution is 0.756. The predicted molar refractivity (Wildman–Crippen MR) is 99.9 cm³/mol. The van der Waals surface area contributed by atoms with Crippen LogP contribution in [0.3, 0.4) is 0 Å². The molecule has 0 amide bonds. The maximum absolute atomic E-state index is 12.3. The summed E-state index contributed by atoms with van der Waals surface area (Å²) in [5.41, 5.74) is 2.96. The highest BCUT2D eigenvalue weighted by Crippen LogP contribution is 2.23. The summed E-state index contributed by atoms with van der Waals surface area (Å²) in [5, 5.41) is 13.0. The number of thioether (sulfide) groups is 1. The number of pyridine rings is 1. The molecule has 3 aromatic heterocycles. The summed E-state index contributed by atoms with van der Waals surface area (Å²) in [4.78, 5) is 16.8. The molecule has 3 heterocycles. The third-order valence-electron chi connectivity index (χ3n) is 3.70. The smallest absolute Gasteiger partial charge is 0.258 e. The van der Waals surface area contributed by atoms with Gasteiger partial charge in [-0.15, -0.1) is 5.10 Å². The maximum Gasteiger partial charge on any atom is 0.258 e. The SMILES string of the molecule is Cc1ccc2nc(CSc3nnnn3-c3cccc(Cl)c3)cc(=O)n2c1. The molecule has 130 valence electrons. The Morgan fingerprint density at radius 1 is 1.19 bits per heavy atom. The second-order valence-electron chi connectivity index (χ2n) is 5.66. The minimum Gasteiger partial charge on any atom is -0.269 e. The van der Waals surface area contributed by atoms with Gasteiger partial charge in [0.2, 0.25) is 5.16 Å². The molecule has 4 aromatic rings. The minimum absolute atomic E-state index is 0.108. The molecule has 0 N–H and O–H groups in total. The number of halogens is 1. The number of aryl methyl sites for hydroxylation is 1. The van der Waals surface area contributed by atoms with E-state index >= 15 is 0 Å². The zero-order valence-corrected chi connectivity index (χ0v) is 15.3. The molecular formula is C17H13ClN6OS. The summed E-state index contributed by atoms with van der Waals surface area (Å²) in [5.74, 6) is 0.473. The van der Waals surface area contributed by atoms with Gasteiger partial charge in [-0.05, 0) is 47.2 Å². The van der Waals surface area contributed by atoms with Gasteiger partial charge >= 0.3 is 0 Å². The third-order valence-corrected chi connectivity index (χ3v) is 4.89. The van der Waals surface area contributed by atoms with Crippen LogP contribution in [0.2, 0.25) is 5.02 Å². The second-order valence-corrected chi connectivity index (χ2v) is 7.04. The number of nitrogens with zero attached hydrogens (tertiary/aromatic N) is 6. The molecule has 0 spiro atoms. The average molecular weight is 385 g/mol. The standard InChI is InChI=1S/C17H13ClN6OS/c1-11-5-6-15-19-13(8-16(25)23(15)9-11)10-26-17-20-21-22-24(17)14-4-2-3-12(18)7-14/h2-9H,10H2,1H3. The number of fused-ring (bicyclic) bond motifs is 1. The van der Waals surface area contributed by atoms with Crippen LogP contribution >= 0.6 is 23.4 Å². The molecule has 4 rings (SSSR count). The van der Waals surface area contributed by atoms with Gasteiger partial charge in [0.15, 0.2) is 0 Å². The molecule has 9 heteroatoms. The Kier molecular flexibility index (Phi) is 4.44. The van der Waals surface area contributed by atoms with Crippen LogP contribution < -0.4 is 5.56 Å². The van der Waals surface area contributed by atoms with Gasteiger partial charge < -0.3 is 0 Å². The molecule has 1 aromatic carbocycles. The van der Waals surface area contributed by atoms with Crippen LogP contribution in [-0.4, -0.2) is 29.6 Å². The molecule has 26 heavy (non-hydrogen) atoms. The highest BCUT2D eigenvalue weighted by atomic mass is 35.5. The van der Waals surface area contributed by atoms with Gasteiger partial charge in [-0.3, -0.25) is 9.20 Å². The Morgan fingerprint density at radius 3 is 2.92 bits per heavy atom. The van der Waals surface area contributed by atoms with Crippen LogP contribution in [0.25, 0.3) is 11.3 Å². The first kappa shape index (κ1) is 16.7. The van der Waals surface area contributed by atoms with E-state index in [-0.39, 0.29) is 5.56 Å². The summed E-state index contributed by atoms with van der Waals surface area (Å²) >= 11 is 7.44. The van der Waals surface area contributed by atoms with E-state index in [1.54, 1.807) is 27.4 Å². The third kappa shape index (κ3) is 3.33. The van der Waals surface area contributed by atoms with Gasteiger partial charge in [0.05, 0.1) is 11.4 Å². The van der Waals surface area contributed by atoms with E-state index in [2.05, 4.69) is 20.5 Å². The lowest BCUT2D eigenvalue weighted by Crippen LogP contribution is -2.15. The Balaban J connectivity index is 1.61. The zero-order chi connectivity index (χ0) is 18.1. The highest BCUT2D eigenvalue weighted by Gasteiger charge is 2.11. The van der Waals surface area contributed by atoms with Crippen LogP contribution in [0, 0.1) is 6.92 Å². The average Bonchev–Trinajstić information content (AvgIpc) is 3.09. The first-order chi connectivity index (χ1) is 12.6. The molecule has 7 nitrogen and oxygen atoms in total. The number of hydrogen-bond donors (Lipinski definition) is 0. The van der Waals surface area contributed by atoms with E-state index in [1.165, 1.54) is 17.8 Å². The first-order valence-electron chi connectivity index (χ1n) is 7.76. The van der Waals surface area contributed by atoms with Gasteiger partial charge in [0.25, 0.3) is 5.56 Å². The number of hydrogen-bond acceptors (Lipinski definition) is 6. The van der Waals surface area contributed by atoms with Crippen LogP contribution in [0.15, 0.2) is 58.6 Å². The topological polar surface area (TPSA) is 78.0 Å². The van der Waals surface area contributed by atoms with E-state index in [0.29, 0.717) is 27.3 Å². The van der Waals surface area contributed by atoms with Crippen molar-refractivity contribution in [3.8, 4) is 5.69 Å². The van der Waals surface area contributed by atoms with Crippen LogP contribution in [0.5, 0.6) is 0 Å². The van der Waals surface area contributed by atoms with Crippen LogP contribution in [0.1, 0.15) is 11.3 Å². The Morgan fingerprint density at radius 2 is 2.08 bits per heavy atom. The fourth-order valence-corrected chi connectivity index (χ4v) is 3.48. The van der Waals surface area contributed by atoms with E-state index < -0.39 is 0 Å². The van der Waals surface area contributed by atoms with Crippen LogP contribution in [-0.2, 0) is 5.75 Å².